The third kappa shape index (κ3) is 4.24. The first-order chi connectivity index (χ1) is 12.6. The van der Waals surface area contributed by atoms with E-state index in [9.17, 15) is 0 Å². The van der Waals surface area contributed by atoms with Gasteiger partial charge in [0.25, 0.3) is 0 Å². The van der Waals surface area contributed by atoms with Crippen LogP contribution < -0.4 is 14.8 Å². The fourth-order valence-electron chi connectivity index (χ4n) is 2.75. The fraction of sp³-hybridized carbons (Fsp3) is 0.200. The second-order valence-corrected chi connectivity index (χ2v) is 6.14. The van der Waals surface area contributed by atoms with Gasteiger partial charge in [-0.1, -0.05) is 35.9 Å². The van der Waals surface area contributed by atoms with Crippen molar-refractivity contribution >= 4 is 17.4 Å². The minimum atomic E-state index is -0.162. The van der Waals surface area contributed by atoms with Gasteiger partial charge in [-0.3, -0.25) is 0 Å². The van der Waals surface area contributed by atoms with Crippen LogP contribution in [0.25, 0.3) is 0 Å². The molecule has 1 aromatic heterocycles. The highest BCUT2D eigenvalue weighted by Gasteiger charge is 2.17. The summed E-state index contributed by atoms with van der Waals surface area (Å²) in [6, 6.07) is 17.4. The Morgan fingerprint density at radius 1 is 0.885 bits per heavy atom. The normalized spacial score (nSPS) is 10.7. The van der Waals surface area contributed by atoms with E-state index in [4.69, 9.17) is 21.1 Å². The first-order valence-electron chi connectivity index (χ1n) is 8.14. The number of aromatic nitrogens is 2. The molecule has 5 nitrogen and oxygen atoms in total. The molecule has 0 saturated heterocycles. The van der Waals surface area contributed by atoms with Crippen molar-refractivity contribution < 1.29 is 9.47 Å². The Balaban J connectivity index is 2.05. The van der Waals surface area contributed by atoms with Crippen molar-refractivity contribution in [3.63, 3.8) is 0 Å². The molecule has 0 bridgehead atoms. The van der Waals surface area contributed by atoms with Gasteiger partial charge < -0.3 is 14.8 Å². The van der Waals surface area contributed by atoms with Crippen molar-refractivity contribution in [1.82, 2.24) is 9.97 Å². The minimum absolute atomic E-state index is 0.162. The minimum Gasteiger partial charge on any atom is -0.497 e. The molecular weight excluding hydrogens is 350 g/mol. The first-order valence-corrected chi connectivity index (χ1v) is 8.52. The molecule has 0 spiro atoms. The van der Waals surface area contributed by atoms with Gasteiger partial charge in [0, 0.05) is 6.07 Å². The number of methoxy groups -OCH3 is 2. The molecule has 1 heterocycles. The van der Waals surface area contributed by atoms with Gasteiger partial charge in [-0.25, -0.2) is 9.97 Å². The van der Waals surface area contributed by atoms with E-state index < -0.39 is 0 Å². The molecule has 0 unspecified atom stereocenters. The Kier molecular flexibility index (Phi) is 5.58. The molecule has 26 heavy (non-hydrogen) atoms. The molecule has 0 atom stereocenters. The number of aryl methyl sites for hydroxylation is 1. The van der Waals surface area contributed by atoms with Crippen LogP contribution in [0.3, 0.4) is 0 Å². The van der Waals surface area contributed by atoms with Crippen molar-refractivity contribution in [2.75, 3.05) is 19.5 Å². The average Bonchev–Trinajstić information content (AvgIpc) is 2.65. The highest BCUT2D eigenvalue weighted by atomic mass is 35.5. The van der Waals surface area contributed by atoms with Crippen LogP contribution in [-0.2, 0) is 0 Å². The lowest BCUT2D eigenvalue weighted by Gasteiger charge is -2.21. The van der Waals surface area contributed by atoms with E-state index in [1.807, 2.05) is 55.5 Å². The number of hydrogen-bond donors (Lipinski definition) is 1. The van der Waals surface area contributed by atoms with E-state index in [2.05, 4.69) is 15.3 Å². The maximum atomic E-state index is 6.09. The van der Waals surface area contributed by atoms with Crippen LogP contribution in [0, 0.1) is 6.92 Å². The predicted octanol–water partition coefficient (Wildman–Crippen LogP) is 4.66. The Bertz CT molecular complexity index is 834. The fourth-order valence-corrected chi connectivity index (χ4v) is 2.98. The summed E-state index contributed by atoms with van der Waals surface area (Å²) in [5.74, 6) is 2.83. The van der Waals surface area contributed by atoms with Gasteiger partial charge in [-0.05, 0) is 42.3 Å². The lowest BCUT2D eigenvalue weighted by molar-refractivity contribution is 0.413. The molecule has 0 fully saturated rings. The van der Waals surface area contributed by atoms with Gasteiger partial charge >= 0.3 is 0 Å². The Labute approximate surface area is 158 Å². The van der Waals surface area contributed by atoms with E-state index in [0.717, 1.165) is 22.6 Å². The number of anilines is 1. The molecule has 3 aromatic rings. The summed E-state index contributed by atoms with van der Waals surface area (Å²) in [5.41, 5.74) is 2.06. The Hall–Kier alpha value is -2.79. The molecule has 2 aromatic carbocycles. The number of halogens is 1. The van der Waals surface area contributed by atoms with Gasteiger partial charge in [0.15, 0.2) is 0 Å². The molecule has 0 amide bonds. The quantitative estimate of drug-likeness (QED) is 0.640. The monoisotopic (exact) mass is 369 g/mol. The second kappa shape index (κ2) is 8.06. The third-order valence-corrected chi connectivity index (χ3v) is 4.15. The molecule has 0 saturated carbocycles. The van der Waals surface area contributed by atoms with Gasteiger partial charge in [0.05, 0.1) is 20.3 Å². The number of nitrogens with zero attached hydrogens (tertiary/aromatic N) is 2. The summed E-state index contributed by atoms with van der Waals surface area (Å²) in [6.07, 6.45) is 0. The maximum absolute atomic E-state index is 6.09. The highest BCUT2D eigenvalue weighted by molar-refractivity contribution is 6.29. The summed E-state index contributed by atoms with van der Waals surface area (Å²) in [5, 5.41) is 3.85. The van der Waals surface area contributed by atoms with Gasteiger partial charge in [0.1, 0.15) is 28.3 Å². The molecule has 0 aliphatic carbocycles. The smallest absolute Gasteiger partial charge is 0.134 e. The molecular formula is C20H20ClN3O2. The number of nitrogens with one attached hydrogen (secondary N) is 1. The SMILES string of the molecule is COc1cccc(C(Nc2cc(Cl)nc(C)n2)c2cccc(OC)c2)c1. The van der Waals surface area contributed by atoms with Gasteiger partial charge in [-0.15, -0.1) is 0 Å². The Morgan fingerprint density at radius 2 is 1.46 bits per heavy atom. The van der Waals surface area contributed by atoms with Crippen molar-refractivity contribution in [3.8, 4) is 11.5 Å². The molecule has 0 aliphatic rings. The Morgan fingerprint density at radius 3 is 1.96 bits per heavy atom. The standard InChI is InChI=1S/C20H20ClN3O2/c1-13-22-18(21)12-19(23-13)24-20(14-6-4-8-16(10-14)25-2)15-7-5-9-17(11-15)26-3/h4-12,20H,1-3H3,(H,22,23,24). The lowest BCUT2D eigenvalue weighted by Crippen LogP contribution is -2.14. The molecule has 3 rings (SSSR count). The van der Waals surface area contributed by atoms with Crippen LogP contribution in [0.1, 0.15) is 23.0 Å². The van der Waals surface area contributed by atoms with Crippen molar-refractivity contribution in [1.29, 1.82) is 0 Å². The predicted molar refractivity (Wildman–Crippen MR) is 103 cm³/mol. The summed E-state index contributed by atoms with van der Waals surface area (Å²) in [7, 11) is 3.31. The summed E-state index contributed by atoms with van der Waals surface area (Å²) < 4.78 is 10.8. The van der Waals surface area contributed by atoms with E-state index in [-0.39, 0.29) is 6.04 Å². The summed E-state index contributed by atoms with van der Waals surface area (Å²) in [6.45, 7) is 1.81. The zero-order valence-electron chi connectivity index (χ0n) is 14.9. The molecule has 1 N–H and O–H groups in total. The van der Waals surface area contributed by atoms with Crippen LogP contribution in [-0.4, -0.2) is 24.2 Å². The molecule has 0 radical (unpaired) electrons. The maximum Gasteiger partial charge on any atom is 0.134 e. The topological polar surface area (TPSA) is 56.3 Å². The van der Waals surface area contributed by atoms with Crippen LogP contribution in [0.5, 0.6) is 11.5 Å². The van der Waals surface area contributed by atoms with E-state index >= 15 is 0 Å². The van der Waals surface area contributed by atoms with Crippen molar-refractivity contribution in [3.05, 3.63) is 76.7 Å². The van der Waals surface area contributed by atoms with Crippen molar-refractivity contribution in [2.45, 2.75) is 13.0 Å². The molecule has 6 heteroatoms. The van der Waals surface area contributed by atoms with E-state index in [0.29, 0.717) is 16.8 Å². The molecule has 134 valence electrons. The zero-order chi connectivity index (χ0) is 18.5. The van der Waals surface area contributed by atoms with E-state index in [1.54, 1.807) is 20.3 Å². The average molecular weight is 370 g/mol. The van der Waals surface area contributed by atoms with Gasteiger partial charge in [-0.2, -0.15) is 0 Å². The summed E-state index contributed by atoms with van der Waals surface area (Å²) >= 11 is 6.09. The third-order valence-electron chi connectivity index (χ3n) is 3.95. The largest absolute Gasteiger partial charge is 0.497 e. The zero-order valence-corrected chi connectivity index (χ0v) is 15.6. The van der Waals surface area contributed by atoms with Gasteiger partial charge in [0.2, 0.25) is 0 Å². The lowest BCUT2D eigenvalue weighted by atomic mass is 9.98. The molecule has 0 aliphatic heterocycles. The van der Waals surface area contributed by atoms with Crippen LogP contribution in [0.2, 0.25) is 5.15 Å². The number of rotatable bonds is 6. The number of ether oxygens (including phenoxy) is 2. The second-order valence-electron chi connectivity index (χ2n) is 5.75. The summed E-state index contributed by atoms with van der Waals surface area (Å²) in [4.78, 5) is 8.56. The number of benzene rings is 2. The number of hydrogen-bond acceptors (Lipinski definition) is 5. The first kappa shape index (κ1) is 18.0. The van der Waals surface area contributed by atoms with Crippen LogP contribution >= 0.6 is 11.6 Å². The highest BCUT2D eigenvalue weighted by Crippen LogP contribution is 2.30. The van der Waals surface area contributed by atoms with E-state index in [1.165, 1.54) is 0 Å². The van der Waals surface area contributed by atoms with Crippen LogP contribution in [0.15, 0.2) is 54.6 Å². The van der Waals surface area contributed by atoms with Crippen LogP contribution in [0.4, 0.5) is 5.82 Å². The van der Waals surface area contributed by atoms with Crippen molar-refractivity contribution in [2.24, 2.45) is 0 Å².